The van der Waals surface area contributed by atoms with Gasteiger partial charge in [0.25, 0.3) is 11.5 Å². The molecule has 0 radical (unpaired) electrons. The van der Waals surface area contributed by atoms with Gasteiger partial charge in [0.2, 0.25) is 5.91 Å². The number of benzene rings is 2. The number of fused-ring (bicyclic) bond motifs is 2. The number of H-pyrrole nitrogens is 1. The third-order valence-electron chi connectivity index (χ3n) is 7.22. The minimum atomic E-state index is -4.71. The lowest BCUT2D eigenvalue weighted by Gasteiger charge is -2.36. The molecule has 0 spiro atoms. The van der Waals surface area contributed by atoms with Crippen molar-refractivity contribution in [1.82, 2.24) is 20.1 Å². The number of aromatic amines is 1. The van der Waals surface area contributed by atoms with Crippen LogP contribution in [0.25, 0.3) is 10.8 Å². The molecule has 4 heterocycles. The number of alkyl halides is 3. The van der Waals surface area contributed by atoms with Crippen LogP contribution in [0, 0.1) is 0 Å². The first-order chi connectivity index (χ1) is 19.2. The number of carbonyl (C=O) groups is 2. The maximum Gasteiger partial charge on any atom is 0.417 e. The Morgan fingerprint density at radius 1 is 0.950 bits per heavy atom. The van der Waals surface area contributed by atoms with Crippen molar-refractivity contribution in [2.45, 2.75) is 19.0 Å². The van der Waals surface area contributed by atoms with E-state index in [4.69, 9.17) is 0 Å². The minimum Gasteiger partial charge on any atom is -0.353 e. The van der Waals surface area contributed by atoms with Crippen molar-refractivity contribution in [2.75, 3.05) is 36.4 Å². The maximum absolute atomic E-state index is 13.9. The van der Waals surface area contributed by atoms with Gasteiger partial charge in [0.05, 0.1) is 40.0 Å². The molecule has 9 nitrogen and oxygen atoms in total. The SMILES string of the molecule is O=C1Cc2nc(N3CCN(C(=O)c4cc(Cc5n[nH]c(=O)c6ccccc56)ccc4C(F)(F)F)CC3)ccc2N1. The molecule has 1 saturated heterocycles. The lowest BCUT2D eigenvalue weighted by atomic mass is 9.98. The van der Waals surface area contributed by atoms with Gasteiger partial charge in [-0.2, -0.15) is 18.3 Å². The number of halogens is 3. The van der Waals surface area contributed by atoms with Crippen LogP contribution in [0.4, 0.5) is 24.7 Å². The van der Waals surface area contributed by atoms with Gasteiger partial charge in [-0.25, -0.2) is 10.1 Å². The second kappa shape index (κ2) is 9.78. The smallest absolute Gasteiger partial charge is 0.353 e. The Balaban J connectivity index is 1.24. The number of rotatable bonds is 4. The van der Waals surface area contributed by atoms with E-state index in [-0.39, 0.29) is 37.4 Å². The van der Waals surface area contributed by atoms with Crippen LogP contribution in [0.5, 0.6) is 0 Å². The van der Waals surface area contributed by atoms with Gasteiger partial charge in [-0.3, -0.25) is 14.4 Å². The van der Waals surface area contributed by atoms with Crippen molar-refractivity contribution >= 4 is 34.1 Å². The summed E-state index contributed by atoms with van der Waals surface area (Å²) in [4.78, 5) is 45.1. The third kappa shape index (κ3) is 4.76. The number of anilines is 2. The molecule has 2 N–H and O–H groups in total. The molecule has 6 rings (SSSR count). The fourth-order valence-corrected chi connectivity index (χ4v) is 5.20. The Morgan fingerprint density at radius 3 is 2.45 bits per heavy atom. The molecule has 1 fully saturated rings. The highest BCUT2D eigenvalue weighted by Gasteiger charge is 2.37. The Morgan fingerprint density at radius 2 is 1.70 bits per heavy atom. The highest BCUT2D eigenvalue weighted by Crippen LogP contribution is 2.34. The summed E-state index contributed by atoms with van der Waals surface area (Å²) < 4.78 is 41.8. The van der Waals surface area contributed by atoms with Crippen LogP contribution >= 0.6 is 0 Å². The molecule has 2 aromatic heterocycles. The molecule has 2 aliphatic heterocycles. The fraction of sp³-hybridized carbons (Fsp3) is 0.250. The molecule has 4 aromatic rings. The monoisotopic (exact) mass is 548 g/mol. The molecule has 2 amide bonds. The predicted molar refractivity (Wildman–Crippen MR) is 141 cm³/mol. The van der Waals surface area contributed by atoms with E-state index in [9.17, 15) is 27.6 Å². The summed E-state index contributed by atoms with van der Waals surface area (Å²) in [5.74, 6) is -0.173. The summed E-state index contributed by atoms with van der Waals surface area (Å²) in [6.45, 7) is 1.19. The van der Waals surface area contributed by atoms with Gasteiger partial charge in [0.15, 0.2) is 0 Å². The van der Waals surface area contributed by atoms with Crippen LogP contribution in [0.3, 0.4) is 0 Å². The second-order valence-corrected chi connectivity index (χ2v) is 9.77. The number of piperazine rings is 1. The Kier molecular flexibility index (Phi) is 6.24. The van der Waals surface area contributed by atoms with Crippen molar-refractivity contribution in [2.24, 2.45) is 0 Å². The average molecular weight is 549 g/mol. The van der Waals surface area contributed by atoms with Gasteiger partial charge in [-0.15, -0.1) is 0 Å². The number of amides is 2. The van der Waals surface area contributed by atoms with Gasteiger partial charge in [0, 0.05) is 38.0 Å². The zero-order valence-electron chi connectivity index (χ0n) is 21.1. The highest BCUT2D eigenvalue weighted by atomic mass is 19.4. The van der Waals surface area contributed by atoms with Crippen LogP contribution in [0.1, 0.15) is 32.9 Å². The van der Waals surface area contributed by atoms with E-state index >= 15 is 0 Å². The zero-order valence-corrected chi connectivity index (χ0v) is 21.1. The molecule has 0 aliphatic carbocycles. The fourth-order valence-electron chi connectivity index (χ4n) is 5.20. The van der Waals surface area contributed by atoms with E-state index in [1.165, 1.54) is 17.0 Å². The first-order valence-electron chi connectivity index (χ1n) is 12.7. The number of aromatic nitrogens is 3. The number of carbonyl (C=O) groups excluding carboxylic acids is 2. The lowest BCUT2D eigenvalue weighted by molar-refractivity contribution is -0.138. The van der Waals surface area contributed by atoms with Gasteiger partial charge in [-0.05, 0) is 35.9 Å². The Hall–Kier alpha value is -4.74. The van der Waals surface area contributed by atoms with E-state index in [2.05, 4.69) is 20.5 Å². The molecular formula is C28H23F3N6O3. The van der Waals surface area contributed by atoms with Gasteiger partial charge >= 0.3 is 6.18 Å². The molecule has 0 atom stereocenters. The van der Waals surface area contributed by atoms with Crippen molar-refractivity contribution in [1.29, 1.82) is 0 Å². The Labute approximate surface area is 225 Å². The number of nitrogens with zero attached hydrogens (tertiary/aromatic N) is 4. The normalized spacial score (nSPS) is 15.3. The summed E-state index contributed by atoms with van der Waals surface area (Å²) >= 11 is 0. The van der Waals surface area contributed by atoms with E-state index in [0.717, 1.165) is 6.07 Å². The van der Waals surface area contributed by atoms with Crippen molar-refractivity contribution in [3.8, 4) is 0 Å². The van der Waals surface area contributed by atoms with Crippen LogP contribution in [-0.4, -0.2) is 58.1 Å². The van der Waals surface area contributed by atoms with Gasteiger partial charge in [0.1, 0.15) is 5.82 Å². The van der Waals surface area contributed by atoms with Crippen LogP contribution in [-0.2, 0) is 23.8 Å². The van der Waals surface area contributed by atoms with Crippen LogP contribution < -0.4 is 15.8 Å². The van der Waals surface area contributed by atoms with E-state index in [1.807, 2.05) is 4.90 Å². The van der Waals surface area contributed by atoms with E-state index < -0.39 is 23.2 Å². The van der Waals surface area contributed by atoms with Crippen molar-refractivity contribution in [3.05, 3.63) is 93.0 Å². The first-order valence-corrected chi connectivity index (χ1v) is 12.7. The third-order valence-corrected chi connectivity index (χ3v) is 7.22. The standard InChI is InChI=1S/C28H23F3N6O3/c29-28(30,31)20-6-5-16(14-22-17-3-1-2-4-18(17)26(39)35-34-22)13-19(20)27(40)37-11-9-36(10-12-37)24-8-7-21-23(32-24)15-25(38)33-21/h1-8,13H,9-12,14-15H2,(H,33,38)(H,35,39). The molecule has 0 unspecified atom stereocenters. The summed E-state index contributed by atoms with van der Waals surface area (Å²) in [6.07, 6.45) is -4.39. The highest BCUT2D eigenvalue weighted by molar-refractivity contribution is 5.98. The molecule has 204 valence electrons. The number of pyridine rings is 1. The Bertz CT molecular complexity index is 1710. The quantitative estimate of drug-likeness (QED) is 0.405. The molecule has 0 saturated carbocycles. The van der Waals surface area contributed by atoms with E-state index in [0.29, 0.717) is 52.3 Å². The largest absolute Gasteiger partial charge is 0.417 e. The van der Waals surface area contributed by atoms with Crippen molar-refractivity contribution in [3.63, 3.8) is 0 Å². The molecule has 12 heteroatoms. The van der Waals surface area contributed by atoms with Gasteiger partial charge < -0.3 is 15.1 Å². The molecule has 2 aliphatic rings. The lowest BCUT2D eigenvalue weighted by Crippen LogP contribution is -2.49. The topological polar surface area (TPSA) is 111 Å². The zero-order chi connectivity index (χ0) is 28.0. The summed E-state index contributed by atoms with van der Waals surface area (Å²) in [6, 6.07) is 13.9. The summed E-state index contributed by atoms with van der Waals surface area (Å²) in [7, 11) is 0. The average Bonchev–Trinajstić information content (AvgIpc) is 3.33. The van der Waals surface area contributed by atoms with Crippen LogP contribution in [0.2, 0.25) is 0 Å². The van der Waals surface area contributed by atoms with E-state index in [1.54, 1.807) is 36.4 Å². The maximum atomic E-state index is 13.9. The first kappa shape index (κ1) is 25.5. The number of nitrogens with one attached hydrogen (secondary N) is 2. The molecule has 2 aromatic carbocycles. The second-order valence-electron chi connectivity index (χ2n) is 9.77. The molecular weight excluding hydrogens is 525 g/mol. The van der Waals surface area contributed by atoms with Crippen molar-refractivity contribution < 1.29 is 22.8 Å². The minimum absolute atomic E-state index is 0.123. The summed E-state index contributed by atoms with van der Waals surface area (Å²) in [5, 5.41) is 10.3. The van der Waals surface area contributed by atoms with Gasteiger partial charge in [-0.1, -0.05) is 24.3 Å². The molecule has 0 bridgehead atoms. The number of hydrogen-bond acceptors (Lipinski definition) is 6. The van der Waals surface area contributed by atoms with Crippen LogP contribution in [0.15, 0.2) is 59.4 Å². The number of hydrogen-bond donors (Lipinski definition) is 2. The summed E-state index contributed by atoms with van der Waals surface area (Å²) in [5.41, 5.74) is 0.491. The molecule has 40 heavy (non-hydrogen) atoms. The predicted octanol–water partition coefficient (Wildman–Crippen LogP) is 3.38.